The van der Waals surface area contributed by atoms with Gasteiger partial charge in [0, 0.05) is 0 Å². The lowest BCUT2D eigenvalue weighted by Crippen LogP contribution is -2.10. The number of ether oxygens (including phenoxy) is 3. The number of carbonyl (C=O) groups is 3. The number of rotatable bonds is 6. The number of hydrogen-bond acceptors (Lipinski definition) is 6. The third-order valence-electron chi connectivity index (χ3n) is 5.12. The zero-order valence-electron chi connectivity index (χ0n) is 27.2. The highest BCUT2D eigenvalue weighted by Crippen LogP contribution is 2.21. The maximum atomic E-state index is 12.5. The molecule has 0 aliphatic rings. The molecule has 0 aromatic heterocycles. The van der Waals surface area contributed by atoms with E-state index >= 15 is 0 Å². The van der Waals surface area contributed by atoms with Crippen molar-refractivity contribution in [3.05, 3.63) is 125 Å². The summed E-state index contributed by atoms with van der Waals surface area (Å²) < 4.78 is 16.1. The molecule has 0 saturated heterocycles. The third kappa shape index (κ3) is 13.2. The number of hydrogen-bond donors (Lipinski definition) is 0. The molecule has 0 heterocycles. The Morgan fingerprint density at radius 1 is 0.349 bits per heavy atom. The van der Waals surface area contributed by atoms with Crippen molar-refractivity contribution in [1.29, 1.82) is 0 Å². The highest BCUT2D eigenvalue weighted by atomic mass is 16.5. The Kier molecular flexibility index (Phi) is 19.6. The van der Waals surface area contributed by atoms with Gasteiger partial charge in [-0.3, -0.25) is 0 Å². The zero-order chi connectivity index (χ0) is 32.8. The fraction of sp³-hybridized carbons (Fsp3) is 0.270. The average Bonchev–Trinajstić information content (AvgIpc) is 3.06. The van der Waals surface area contributed by atoms with E-state index in [1.807, 2.05) is 93.5 Å². The number of benzene rings is 4. The van der Waals surface area contributed by atoms with E-state index in [-0.39, 0.29) is 5.56 Å². The lowest BCUT2D eigenvalue weighted by atomic mass is 10.1. The molecule has 230 valence electrons. The second kappa shape index (κ2) is 22.0. The van der Waals surface area contributed by atoms with Crippen molar-refractivity contribution in [2.24, 2.45) is 0 Å². The average molecular weight is 587 g/mol. The van der Waals surface area contributed by atoms with Gasteiger partial charge in [0.15, 0.2) is 0 Å². The van der Waals surface area contributed by atoms with Crippen LogP contribution in [0.15, 0.2) is 97.1 Å². The fourth-order valence-corrected chi connectivity index (χ4v) is 3.11. The van der Waals surface area contributed by atoms with Crippen LogP contribution in [0.25, 0.3) is 0 Å². The van der Waals surface area contributed by atoms with Crippen LogP contribution in [-0.4, -0.2) is 17.9 Å². The molecule has 4 aromatic carbocycles. The first-order chi connectivity index (χ1) is 20.9. The molecule has 0 saturated carbocycles. The first-order valence-electron chi connectivity index (χ1n) is 14.9. The number of esters is 3. The van der Waals surface area contributed by atoms with Gasteiger partial charge in [-0.1, -0.05) is 90.8 Å². The molecule has 0 atom stereocenters. The first-order valence-corrected chi connectivity index (χ1v) is 14.9. The lowest BCUT2D eigenvalue weighted by Gasteiger charge is -2.08. The summed E-state index contributed by atoms with van der Waals surface area (Å²) in [5.74, 6) is -0.603. The summed E-state index contributed by atoms with van der Waals surface area (Å²) in [6, 6.07) is 26.3. The summed E-state index contributed by atoms with van der Waals surface area (Å²) in [5.41, 5.74) is 3.26. The van der Waals surface area contributed by atoms with Crippen LogP contribution >= 0.6 is 0 Å². The van der Waals surface area contributed by atoms with Crippen LogP contribution in [0.3, 0.4) is 0 Å². The molecule has 0 fully saturated rings. The lowest BCUT2D eigenvalue weighted by molar-refractivity contribution is 0.0718. The Morgan fingerprint density at radius 2 is 0.535 bits per heavy atom. The van der Waals surface area contributed by atoms with Crippen LogP contribution in [0.1, 0.15) is 97.6 Å². The van der Waals surface area contributed by atoms with Gasteiger partial charge < -0.3 is 14.2 Å². The van der Waals surface area contributed by atoms with Crippen molar-refractivity contribution < 1.29 is 28.6 Å². The smallest absolute Gasteiger partial charge is 0.343 e. The van der Waals surface area contributed by atoms with E-state index in [2.05, 4.69) is 0 Å². The van der Waals surface area contributed by atoms with Gasteiger partial charge in [-0.15, -0.1) is 0 Å². The summed E-state index contributed by atoms with van der Waals surface area (Å²) >= 11 is 0. The van der Waals surface area contributed by atoms with Crippen molar-refractivity contribution >= 4 is 17.9 Å². The van der Waals surface area contributed by atoms with Crippen molar-refractivity contribution in [3.63, 3.8) is 0 Å². The highest BCUT2D eigenvalue weighted by Gasteiger charge is 2.13. The molecule has 0 aliphatic carbocycles. The SMILES string of the molecule is CC.CC.CC.CC.Cc1ccc(C(=O)Oc2ccc(OC(=O)c3ccc(OC(=O)c4ccc(C)cc4)cc3)cc2)cc1. The van der Waals surface area contributed by atoms with E-state index < -0.39 is 17.9 Å². The maximum absolute atomic E-state index is 12.5. The molecular weight excluding hydrogens is 540 g/mol. The molecule has 0 unspecified atom stereocenters. The minimum absolute atomic E-state index is 0.287. The normalized spacial score (nSPS) is 8.98. The van der Waals surface area contributed by atoms with Crippen LogP contribution in [0, 0.1) is 13.8 Å². The van der Waals surface area contributed by atoms with Gasteiger partial charge >= 0.3 is 17.9 Å². The van der Waals surface area contributed by atoms with Gasteiger partial charge in [0.05, 0.1) is 16.7 Å². The molecule has 0 spiro atoms. The Hall–Kier alpha value is -4.71. The Bertz CT molecular complexity index is 1340. The minimum atomic E-state index is -0.578. The predicted molar refractivity (Wildman–Crippen MR) is 176 cm³/mol. The Morgan fingerprint density at radius 3 is 0.767 bits per heavy atom. The van der Waals surface area contributed by atoms with Crippen molar-refractivity contribution in [3.8, 4) is 17.2 Å². The summed E-state index contributed by atoms with van der Waals surface area (Å²) in [6.45, 7) is 19.9. The van der Waals surface area contributed by atoms with E-state index in [9.17, 15) is 14.4 Å². The van der Waals surface area contributed by atoms with Crippen LogP contribution in [-0.2, 0) is 0 Å². The Labute approximate surface area is 257 Å². The van der Waals surface area contributed by atoms with Crippen LogP contribution < -0.4 is 14.2 Å². The van der Waals surface area contributed by atoms with Crippen LogP contribution in [0.4, 0.5) is 0 Å². The second-order valence-corrected chi connectivity index (χ2v) is 7.90. The van der Waals surface area contributed by atoms with Crippen molar-refractivity contribution in [2.75, 3.05) is 0 Å². The zero-order valence-corrected chi connectivity index (χ0v) is 27.2. The molecule has 0 aliphatic heterocycles. The molecule has 0 amide bonds. The minimum Gasteiger partial charge on any atom is -0.423 e. The standard InChI is InChI=1S/C29H22O6.4C2H6/c1-19-3-7-21(8-4-19)27(30)33-24-13-11-23(12-14-24)29(32)35-26-17-15-25(16-18-26)34-28(31)22-9-5-20(2)6-10-22;4*1-2/h3-18H,1-2H3;4*1-2H3. The van der Waals surface area contributed by atoms with E-state index in [0.29, 0.717) is 28.4 Å². The molecule has 6 nitrogen and oxygen atoms in total. The van der Waals surface area contributed by atoms with Gasteiger partial charge in [0.25, 0.3) is 0 Å². The topological polar surface area (TPSA) is 78.9 Å². The monoisotopic (exact) mass is 586 g/mol. The second-order valence-electron chi connectivity index (χ2n) is 7.90. The van der Waals surface area contributed by atoms with E-state index in [1.165, 1.54) is 36.4 Å². The van der Waals surface area contributed by atoms with E-state index in [1.54, 1.807) is 36.4 Å². The maximum Gasteiger partial charge on any atom is 0.343 e. The number of carbonyl (C=O) groups excluding carboxylic acids is 3. The summed E-state index contributed by atoms with van der Waals surface area (Å²) in [4.78, 5) is 36.9. The molecule has 0 N–H and O–H groups in total. The summed E-state index contributed by atoms with van der Waals surface area (Å²) in [6.07, 6.45) is 0. The quantitative estimate of drug-likeness (QED) is 0.165. The van der Waals surface area contributed by atoms with E-state index in [4.69, 9.17) is 14.2 Å². The van der Waals surface area contributed by atoms with Gasteiger partial charge in [0.1, 0.15) is 17.2 Å². The number of aryl methyl sites for hydroxylation is 2. The van der Waals surface area contributed by atoms with E-state index in [0.717, 1.165) is 11.1 Å². The largest absolute Gasteiger partial charge is 0.423 e. The van der Waals surface area contributed by atoms with Gasteiger partial charge in [-0.25, -0.2) is 14.4 Å². The summed E-state index contributed by atoms with van der Waals surface area (Å²) in [7, 11) is 0. The van der Waals surface area contributed by atoms with Gasteiger partial charge in [-0.05, 0) is 86.6 Å². The molecule has 0 radical (unpaired) electrons. The van der Waals surface area contributed by atoms with Crippen molar-refractivity contribution in [2.45, 2.75) is 69.2 Å². The van der Waals surface area contributed by atoms with Crippen molar-refractivity contribution in [1.82, 2.24) is 0 Å². The molecule has 6 heteroatoms. The first kappa shape index (κ1) is 38.3. The van der Waals surface area contributed by atoms with Crippen LogP contribution in [0.5, 0.6) is 17.2 Å². The Balaban J connectivity index is 0.00000204. The van der Waals surface area contributed by atoms with Gasteiger partial charge in [-0.2, -0.15) is 0 Å². The molecule has 4 rings (SSSR count). The third-order valence-corrected chi connectivity index (χ3v) is 5.12. The summed E-state index contributed by atoms with van der Waals surface area (Å²) in [5, 5.41) is 0. The van der Waals surface area contributed by atoms with Gasteiger partial charge in [0.2, 0.25) is 0 Å². The fourth-order valence-electron chi connectivity index (χ4n) is 3.11. The molecule has 43 heavy (non-hydrogen) atoms. The molecule has 4 aromatic rings. The molecule has 0 bridgehead atoms. The van der Waals surface area contributed by atoms with Crippen LogP contribution in [0.2, 0.25) is 0 Å². The predicted octanol–water partition coefficient (Wildman–Crippen LogP) is 10.1. The molecular formula is C37H46O6. The highest BCUT2D eigenvalue weighted by molar-refractivity contribution is 5.93.